The highest BCUT2D eigenvalue weighted by Crippen LogP contribution is 2.30. The topological polar surface area (TPSA) is 94.6 Å². The van der Waals surface area contributed by atoms with Crippen LogP contribution in [0.1, 0.15) is 28.8 Å². The summed E-state index contributed by atoms with van der Waals surface area (Å²) in [5.41, 5.74) is 2.84. The molecule has 0 saturated heterocycles. The molecule has 2 aromatic carbocycles. The van der Waals surface area contributed by atoms with E-state index in [2.05, 4.69) is 4.98 Å². The van der Waals surface area contributed by atoms with Gasteiger partial charge in [-0.05, 0) is 54.7 Å². The summed E-state index contributed by atoms with van der Waals surface area (Å²) in [6, 6.07) is 20.0. The third-order valence-corrected chi connectivity index (χ3v) is 5.47. The molecule has 0 bridgehead atoms. The molecule has 0 atom stereocenters. The molecule has 3 aromatic rings. The molecule has 1 aromatic heterocycles. The van der Waals surface area contributed by atoms with Gasteiger partial charge < -0.3 is 9.47 Å². The first-order valence-electron chi connectivity index (χ1n) is 10.3. The summed E-state index contributed by atoms with van der Waals surface area (Å²) in [5, 5.41) is 0. The number of carbonyl (C=O) groups is 1. The highest BCUT2D eigenvalue weighted by atomic mass is 32.2. The molecule has 8 heteroatoms. The zero-order valence-corrected chi connectivity index (χ0v) is 18.5. The first-order chi connectivity index (χ1) is 15.4. The van der Waals surface area contributed by atoms with Crippen LogP contribution in [-0.2, 0) is 16.6 Å². The molecular formula is C24H24N2O5S. The molecule has 0 spiro atoms. The summed E-state index contributed by atoms with van der Waals surface area (Å²) >= 11 is 0. The third kappa shape index (κ3) is 6.31. The van der Waals surface area contributed by atoms with Crippen molar-refractivity contribution in [3.8, 4) is 22.9 Å². The molecule has 0 aliphatic heterocycles. The van der Waals surface area contributed by atoms with E-state index in [1.54, 1.807) is 24.3 Å². The second-order valence-corrected chi connectivity index (χ2v) is 9.58. The van der Waals surface area contributed by atoms with Crippen LogP contribution in [0.2, 0.25) is 0 Å². The van der Waals surface area contributed by atoms with E-state index in [4.69, 9.17) is 9.47 Å². The number of benzene rings is 2. The van der Waals surface area contributed by atoms with Crippen molar-refractivity contribution in [2.24, 2.45) is 5.92 Å². The second-order valence-electron chi connectivity index (χ2n) is 7.83. The van der Waals surface area contributed by atoms with Gasteiger partial charge in [0.05, 0.1) is 18.6 Å². The van der Waals surface area contributed by atoms with E-state index in [0.717, 1.165) is 23.1 Å². The number of hydrogen-bond donors (Lipinski definition) is 1. The first-order valence-corrected chi connectivity index (χ1v) is 12.2. The maximum absolute atomic E-state index is 11.9. The number of ether oxygens (including phenoxy) is 2. The number of aromatic nitrogens is 1. The third-order valence-electron chi connectivity index (χ3n) is 4.92. The molecule has 166 valence electrons. The lowest BCUT2D eigenvalue weighted by atomic mass is 10.1. The van der Waals surface area contributed by atoms with Crippen molar-refractivity contribution < 1.29 is 22.7 Å². The molecule has 1 N–H and O–H groups in total. The number of sulfonamides is 1. The average molecular weight is 453 g/mol. The zero-order valence-electron chi connectivity index (χ0n) is 17.7. The van der Waals surface area contributed by atoms with E-state index >= 15 is 0 Å². The highest BCUT2D eigenvalue weighted by molar-refractivity contribution is 7.89. The van der Waals surface area contributed by atoms with Gasteiger partial charge in [0.1, 0.15) is 12.4 Å². The van der Waals surface area contributed by atoms with Gasteiger partial charge in [0.2, 0.25) is 15.9 Å². The van der Waals surface area contributed by atoms with E-state index in [9.17, 15) is 13.2 Å². The first kappa shape index (κ1) is 21.8. The Hall–Kier alpha value is -3.39. The van der Waals surface area contributed by atoms with Crippen LogP contribution < -0.4 is 14.2 Å². The SMILES string of the molecule is CS(=O)(=O)NC(=O)c1ccc(COc2cccc(-c3cccc(OCC4CC4)n3)c2)cc1. The Bertz CT molecular complexity index is 1210. The minimum absolute atomic E-state index is 0.260. The van der Waals surface area contributed by atoms with Gasteiger partial charge in [-0.3, -0.25) is 4.79 Å². The van der Waals surface area contributed by atoms with Gasteiger partial charge in [-0.15, -0.1) is 0 Å². The fourth-order valence-electron chi connectivity index (χ4n) is 3.04. The molecule has 1 heterocycles. The Morgan fingerprint density at radius 2 is 1.78 bits per heavy atom. The minimum Gasteiger partial charge on any atom is -0.489 e. The number of nitrogens with one attached hydrogen (secondary N) is 1. The fraction of sp³-hybridized carbons (Fsp3) is 0.250. The van der Waals surface area contributed by atoms with Crippen LogP contribution in [0, 0.1) is 5.92 Å². The van der Waals surface area contributed by atoms with Crippen molar-refractivity contribution in [2.45, 2.75) is 19.4 Å². The number of amides is 1. The summed E-state index contributed by atoms with van der Waals surface area (Å²) in [7, 11) is -3.60. The maximum atomic E-state index is 11.9. The van der Waals surface area contributed by atoms with E-state index in [1.807, 2.05) is 47.2 Å². The van der Waals surface area contributed by atoms with Gasteiger partial charge in [0.15, 0.2) is 0 Å². The normalized spacial score (nSPS) is 13.4. The fourth-order valence-corrected chi connectivity index (χ4v) is 3.49. The van der Waals surface area contributed by atoms with Crippen LogP contribution in [-0.4, -0.2) is 32.2 Å². The Morgan fingerprint density at radius 1 is 1.03 bits per heavy atom. The number of hydrogen-bond acceptors (Lipinski definition) is 6. The zero-order chi connectivity index (χ0) is 22.6. The van der Waals surface area contributed by atoms with Gasteiger partial charge in [-0.1, -0.05) is 30.3 Å². The van der Waals surface area contributed by atoms with Crippen molar-refractivity contribution >= 4 is 15.9 Å². The largest absolute Gasteiger partial charge is 0.489 e. The molecule has 1 saturated carbocycles. The van der Waals surface area contributed by atoms with Crippen LogP contribution in [0.15, 0.2) is 66.7 Å². The van der Waals surface area contributed by atoms with Crippen molar-refractivity contribution in [3.05, 3.63) is 77.9 Å². The van der Waals surface area contributed by atoms with Gasteiger partial charge >= 0.3 is 0 Å². The molecule has 1 fully saturated rings. The second kappa shape index (κ2) is 9.40. The van der Waals surface area contributed by atoms with Crippen molar-refractivity contribution in [1.82, 2.24) is 9.71 Å². The number of carbonyl (C=O) groups excluding carboxylic acids is 1. The molecule has 0 unspecified atom stereocenters. The Kier molecular flexibility index (Phi) is 6.41. The predicted molar refractivity (Wildman–Crippen MR) is 121 cm³/mol. The highest BCUT2D eigenvalue weighted by Gasteiger charge is 2.22. The summed E-state index contributed by atoms with van der Waals surface area (Å²) < 4.78 is 36.0. The molecule has 1 aliphatic carbocycles. The van der Waals surface area contributed by atoms with Crippen LogP contribution in [0.25, 0.3) is 11.3 Å². The molecular weight excluding hydrogens is 428 g/mol. The van der Waals surface area contributed by atoms with Crippen LogP contribution in [0.3, 0.4) is 0 Å². The smallest absolute Gasteiger partial charge is 0.264 e. The Morgan fingerprint density at radius 3 is 2.50 bits per heavy atom. The van der Waals surface area contributed by atoms with E-state index in [1.165, 1.54) is 12.8 Å². The van der Waals surface area contributed by atoms with Crippen molar-refractivity contribution in [3.63, 3.8) is 0 Å². The van der Waals surface area contributed by atoms with Crippen molar-refractivity contribution in [1.29, 1.82) is 0 Å². The van der Waals surface area contributed by atoms with E-state index in [-0.39, 0.29) is 5.56 Å². The average Bonchev–Trinajstić information content (AvgIpc) is 3.60. The summed E-state index contributed by atoms with van der Waals surface area (Å²) in [6.07, 6.45) is 3.40. The van der Waals surface area contributed by atoms with Gasteiger partial charge in [-0.2, -0.15) is 0 Å². The summed E-state index contributed by atoms with van der Waals surface area (Å²) in [6.45, 7) is 1.02. The molecule has 7 nitrogen and oxygen atoms in total. The lowest BCUT2D eigenvalue weighted by Crippen LogP contribution is -2.29. The molecule has 1 amide bonds. The number of nitrogens with zero attached hydrogens (tertiary/aromatic N) is 1. The lowest BCUT2D eigenvalue weighted by molar-refractivity contribution is 0.0981. The van der Waals surface area contributed by atoms with Crippen LogP contribution in [0.5, 0.6) is 11.6 Å². The summed E-state index contributed by atoms with van der Waals surface area (Å²) in [4.78, 5) is 16.5. The minimum atomic E-state index is -3.60. The Labute approximate surface area is 187 Å². The molecule has 4 rings (SSSR count). The predicted octanol–water partition coefficient (Wildman–Crippen LogP) is 3.81. The van der Waals surface area contributed by atoms with Gasteiger partial charge in [0.25, 0.3) is 5.91 Å². The molecule has 0 radical (unpaired) electrons. The van der Waals surface area contributed by atoms with Gasteiger partial charge in [0, 0.05) is 17.2 Å². The monoisotopic (exact) mass is 452 g/mol. The number of pyridine rings is 1. The Balaban J connectivity index is 1.38. The molecule has 1 aliphatic rings. The van der Waals surface area contributed by atoms with Gasteiger partial charge in [-0.25, -0.2) is 18.1 Å². The van der Waals surface area contributed by atoms with E-state index < -0.39 is 15.9 Å². The van der Waals surface area contributed by atoms with Crippen LogP contribution in [0.4, 0.5) is 0 Å². The maximum Gasteiger partial charge on any atom is 0.264 e. The van der Waals surface area contributed by atoms with Crippen molar-refractivity contribution in [2.75, 3.05) is 12.9 Å². The van der Waals surface area contributed by atoms with E-state index in [0.29, 0.717) is 30.8 Å². The van der Waals surface area contributed by atoms with Crippen LogP contribution >= 0.6 is 0 Å². The standard InChI is InChI=1S/C24H24N2O5S/c1-32(28,29)26-24(27)19-12-10-18(11-13-19)15-30-21-5-2-4-20(14-21)22-6-3-7-23(25-22)31-16-17-8-9-17/h2-7,10-14,17H,8-9,15-16H2,1H3,(H,26,27). The number of rotatable bonds is 9. The summed E-state index contributed by atoms with van der Waals surface area (Å²) in [5.74, 6) is 1.32. The lowest BCUT2D eigenvalue weighted by Gasteiger charge is -2.10. The molecule has 32 heavy (non-hydrogen) atoms. The quantitative estimate of drug-likeness (QED) is 0.531.